The van der Waals surface area contributed by atoms with Crippen LogP contribution < -0.4 is 5.32 Å². The normalized spacial score (nSPS) is 11.9. The lowest BCUT2D eigenvalue weighted by molar-refractivity contribution is 0.0111. The summed E-state index contributed by atoms with van der Waals surface area (Å²) in [5, 5.41) is 3.32. The Morgan fingerprint density at radius 3 is 2.16 bits per heavy atom. The molecule has 0 atom stereocenters. The Hall–Kier alpha value is -1.04. The van der Waals surface area contributed by atoms with Gasteiger partial charge in [0.15, 0.2) is 5.82 Å². The van der Waals surface area contributed by atoms with Crippen molar-refractivity contribution in [3.8, 4) is 0 Å². The first-order valence-corrected chi connectivity index (χ1v) is 6.51. The minimum absolute atomic E-state index is 0.461. The smallest absolute Gasteiger partial charge is 0.160 e. The van der Waals surface area contributed by atoms with Gasteiger partial charge in [0.1, 0.15) is 5.60 Å². The molecule has 0 fully saturated rings. The molecule has 19 heavy (non-hydrogen) atoms. The molecule has 5 nitrogen and oxygen atoms in total. The summed E-state index contributed by atoms with van der Waals surface area (Å²) in [4.78, 5) is 9.14. The van der Waals surface area contributed by atoms with Gasteiger partial charge in [0.2, 0.25) is 0 Å². The fourth-order valence-corrected chi connectivity index (χ4v) is 1.74. The number of aromatic nitrogens is 2. The third-order valence-corrected chi connectivity index (χ3v) is 3.25. The number of nitrogens with zero attached hydrogens (tertiary/aromatic N) is 2. The summed E-state index contributed by atoms with van der Waals surface area (Å²) in [6, 6.07) is 0. The molecule has 5 heteroatoms. The zero-order valence-corrected chi connectivity index (χ0v) is 12.8. The Labute approximate surface area is 115 Å². The van der Waals surface area contributed by atoms with Crippen LogP contribution in [0, 0.1) is 13.8 Å². The molecule has 0 bridgehead atoms. The van der Waals surface area contributed by atoms with E-state index in [-0.39, 0.29) is 0 Å². The van der Waals surface area contributed by atoms with Gasteiger partial charge < -0.3 is 14.8 Å². The van der Waals surface area contributed by atoms with Crippen molar-refractivity contribution < 1.29 is 9.47 Å². The summed E-state index contributed by atoms with van der Waals surface area (Å²) in [6.07, 6.45) is 0. The van der Waals surface area contributed by atoms with Crippen LogP contribution in [0.5, 0.6) is 0 Å². The number of aryl methyl sites for hydroxylation is 2. The lowest BCUT2D eigenvalue weighted by atomic mass is 10.1. The molecule has 0 spiro atoms. The highest BCUT2D eigenvalue weighted by atomic mass is 16.5. The molecule has 1 aromatic rings. The summed E-state index contributed by atoms with van der Waals surface area (Å²) in [5.41, 5.74) is 2.68. The van der Waals surface area contributed by atoms with Gasteiger partial charge in [-0.15, -0.1) is 0 Å². The molecule has 0 radical (unpaired) electrons. The topological polar surface area (TPSA) is 56.3 Å². The van der Waals surface area contributed by atoms with Gasteiger partial charge in [-0.2, -0.15) is 0 Å². The highest BCUT2D eigenvalue weighted by molar-refractivity contribution is 5.25. The van der Waals surface area contributed by atoms with E-state index in [4.69, 9.17) is 9.47 Å². The summed E-state index contributed by atoms with van der Waals surface area (Å²) in [6.45, 7) is 10.2. The summed E-state index contributed by atoms with van der Waals surface area (Å²) in [7, 11) is 3.37. The molecule has 0 aliphatic carbocycles. The van der Waals surface area contributed by atoms with Gasteiger partial charge in [-0.3, -0.25) is 0 Å². The Morgan fingerprint density at radius 1 is 1.11 bits per heavy atom. The van der Waals surface area contributed by atoms with E-state index in [9.17, 15) is 0 Å². The fourth-order valence-electron chi connectivity index (χ4n) is 1.74. The van der Waals surface area contributed by atoms with E-state index in [0.717, 1.165) is 35.9 Å². The number of ether oxygens (including phenoxy) is 2. The van der Waals surface area contributed by atoms with Crippen molar-refractivity contribution in [2.45, 2.75) is 39.8 Å². The largest absolute Gasteiger partial charge is 0.383 e. The average molecular weight is 267 g/mol. The van der Waals surface area contributed by atoms with Crippen LogP contribution in [0.25, 0.3) is 0 Å². The van der Waals surface area contributed by atoms with Crippen molar-refractivity contribution in [1.29, 1.82) is 0 Å². The lowest BCUT2D eigenvalue weighted by Gasteiger charge is -2.23. The van der Waals surface area contributed by atoms with Gasteiger partial charge in [-0.25, -0.2) is 9.97 Å². The Kier molecular flexibility index (Phi) is 5.85. The Balaban J connectivity index is 2.86. The van der Waals surface area contributed by atoms with Crippen molar-refractivity contribution in [2.24, 2.45) is 0 Å². The second kappa shape index (κ2) is 6.93. The standard InChI is InChI=1S/C14H25N3O2/c1-10-12(9-15-7-8-18-5)11(2)17-13(16-10)14(3,4)19-6/h15H,7-9H2,1-6H3. The van der Waals surface area contributed by atoms with E-state index in [1.165, 1.54) is 0 Å². The highest BCUT2D eigenvalue weighted by Crippen LogP contribution is 2.22. The van der Waals surface area contributed by atoms with Gasteiger partial charge in [-0.05, 0) is 27.7 Å². The maximum Gasteiger partial charge on any atom is 0.160 e. The van der Waals surface area contributed by atoms with Crippen LogP contribution in [0.15, 0.2) is 0 Å². The Bertz CT molecular complexity index is 396. The molecule has 1 heterocycles. The zero-order chi connectivity index (χ0) is 14.5. The number of nitrogens with one attached hydrogen (secondary N) is 1. The molecule has 1 N–H and O–H groups in total. The third kappa shape index (κ3) is 4.23. The van der Waals surface area contributed by atoms with Gasteiger partial charge in [0.25, 0.3) is 0 Å². The van der Waals surface area contributed by atoms with Crippen LogP contribution in [-0.4, -0.2) is 37.3 Å². The second-order valence-electron chi connectivity index (χ2n) is 5.08. The van der Waals surface area contributed by atoms with Crippen molar-refractivity contribution in [1.82, 2.24) is 15.3 Å². The van der Waals surface area contributed by atoms with Gasteiger partial charge >= 0.3 is 0 Å². The number of rotatable bonds is 7. The second-order valence-corrected chi connectivity index (χ2v) is 5.08. The molecule has 0 saturated heterocycles. The fraction of sp³-hybridized carbons (Fsp3) is 0.714. The van der Waals surface area contributed by atoms with Crippen molar-refractivity contribution >= 4 is 0 Å². The molecular weight excluding hydrogens is 242 g/mol. The summed E-state index contributed by atoms with van der Waals surface area (Å²) >= 11 is 0. The van der Waals surface area contributed by atoms with E-state index >= 15 is 0 Å². The maximum absolute atomic E-state index is 5.43. The minimum atomic E-state index is -0.461. The zero-order valence-electron chi connectivity index (χ0n) is 12.8. The van der Waals surface area contributed by atoms with Crippen molar-refractivity contribution in [2.75, 3.05) is 27.4 Å². The quantitative estimate of drug-likeness (QED) is 0.762. The maximum atomic E-state index is 5.43. The molecule has 108 valence electrons. The summed E-state index contributed by atoms with van der Waals surface area (Å²) < 4.78 is 10.4. The van der Waals surface area contributed by atoms with Crippen LogP contribution in [0.4, 0.5) is 0 Å². The van der Waals surface area contributed by atoms with Crippen LogP contribution >= 0.6 is 0 Å². The van der Waals surface area contributed by atoms with Gasteiger partial charge in [0.05, 0.1) is 6.61 Å². The molecule has 1 rings (SSSR count). The summed E-state index contributed by atoms with van der Waals surface area (Å²) in [5.74, 6) is 0.727. The van der Waals surface area contributed by atoms with Crippen LogP contribution in [-0.2, 0) is 21.6 Å². The first-order chi connectivity index (χ1) is 8.92. The molecule has 0 saturated carbocycles. The van der Waals surface area contributed by atoms with Gasteiger partial charge in [-0.1, -0.05) is 0 Å². The van der Waals surface area contributed by atoms with E-state index in [1.54, 1.807) is 14.2 Å². The average Bonchev–Trinajstić information content (AvgIpc) is 2.36. The third-order valence-electron chi connectivity index (χ3n) is 3.25. The van der Waals surface area contributed by atoms with Crippen LogP contribution in [0.3, 0.4) is 0 Å². The predicted octanol–water partition coefficient (Wildman–Crippen LogP) is 1.71. The molecular formula is C14H25N3O2. The SMILES string of the molecule is COCCNCc1c(C)nc(C(C)(C)OC)nc1C. The number of hydrogen-bond acceptors (Lipinski definition) is 5. The number of hydrogen-bond donors (Lipinski definition) is 1. The highest BCUT2D eigenvalue weighted by Gasteiger charge is 2.24. The van der Waals surface area contributed by atoms with Gasteiger partial charge in [0, 0.05) is 44.3 Å². The van der Waals surface area contributed by atoms with Crippen molar-refractivity contribution in [3.63, 3.8) is 0 Å². The molecule has 0 amide bonds. The molecule has 0 aromatic carbocycles. The van der Waals surface area contributed by atoms with Crippen LogP contribution in [0.2, 0.25) is 0 Å². The molecule has 1 aromatic heterocycles. The molecule has 0 aliphatic heterocycles. The monoisotopic (exact) mass is 267 g/mol. The van der Waals surface area contributed by atoms with E-state index in [1.807, 2.05) is 27.7 Å². The lowest BCUT2D eigenvalue weighted by Crippen LogP contribution is -2.26. The van der Waals surface area contributed by atoms with Crippen LogP contribution in [0.1, 0.15) is 36.6 Å². The van der Waals surface area contributed by atoms with Crippen molar-refractivity contribution in [3.05, 3.63) is 22.8 Å². The number of methoxy groups -OCH3 is 2. The first-order valence-electron chi connectivity index (χ1n) is 6.51. The molecule has 0 aliphatic rings. The van der Waals surface area contributed by atoms with E-state index < -0.39 is 5.60 Å². The minimum Gasteiger partial charge on any atom is -0.383 e. The Morgan fingerprint density at radius 2 is 1.68 bits per heavy atom. The van der Waals surface area contributed by atoms with E-state index in [0.29, 0.717) is 6.61 Å². The first kappa shape index (κ1) is 16.0. The molecule has 0 unspecified atom stereocenters. The predicted molar refractivity (Wildman–Crippen MR) is 75.1 cm³/mol. The van der Waals surface area contributed by atoms with E-state index in [2.05, 4.69) is 15.3 Å².